The van der Waals surface area contributed by atoms with E-state index in [9.17, 15) is 18.4 Å². The number of urea groups is 1. The van der Waals surface area contributed by atoms with E-state index in [-0.39, 0.29) is 24.9 Å². The number of rotatable bonds is 5. The first-order chi connectivity index (χ1) is 12.7. The molecule has 3 heterocycles. The monoisotopic (exact) mass is 396 g/mol. The lowest BCUT2D eigenvalue weighted by atomic mass is 10.1. The summed E-state index contributed by atoms with van der Waals surface area (Å²) < 4.78 is 27.0. The van der Waals surface area contributed by atoms with Crippen molar-refractivity contribution in [3.8, 4) is 0 Å². The average molecular weight is 396 g/mol. The van der Waals surface area contributed by atoms with Gasteiger partial charge in [0.2, 0.25) is 0 Å². The standard InChI is InChI=1S/C18H22F2N4O2S/c1-4-23-11(3)24(8-12-7-18(12,19)20)16-14(15(23)25)10(2)13(27-16)9-22-6-5-21-17(22)26/h12H,3-9H2,1-2H3,(H,21,26). The first-order valence-corrected chi connectivity index (χ1v) is 9.87. The van der Waals surface area contributed by atoms with Gasteiger partial charge in [-0.15, -0.1) is 11.3 Å². The zero-order valence-corrected chi connectivity index (χ0v) is 16.2. The Morgan fingerprint density at radius 1 is 1.33 bits per heavy atom. The molecule has 1 atom stereocenters. The van der Waals surface area contributed by atoms with E-state index in [4.69, 9.17) is 0 Å². The van der Waals surface area contributed by atoms with Crippen LogP contribution in [-0.2, 0) is 6.54 Å². The third kappa shape index (κ3) is 2.88. The van der Waals surface area contributed by atoms with Crippen molar-refractivity contribution in [1.29, 1.82) is 0 Å². The lowest BCUT2D eigenvalue weighted by Gasteiger charge is -2.37. The van der Waals surface area contributed by atoms with Gasteiger partial charge in [0, 0.05) is 43.4 Å². The molecule has 0 spiro atoms. The summed E-state index contributed by atoms with van der Waals surface area (Å²) in [6.45, 7) is 9.90. The van der Waals surface area contributed by atoms with Crippen molar-refractivity contribution in [3.63, 3.8) is 0 Å². The largest absolute Gasteiger partial charge is 0.336 e. The molecule has 3 amide bonds. The quantitative estimate of drug-likeness (QED) is 0.833. The molecule has 1 saturated heterocycles. The van der Waals surface area contributed by atoms with E-state index in [0.29, 0.717) is 42.6 Å². The zero-order chi connectivity index (χ0) is 19.5. The third-order valence-corrected chi connectivity index (χ3v) is 6.81. The molecule has 2 fully saturated rings. The summed E-state index contributed by atoms with van der Waals surface area (Å²) in [5.74, 6) is -3.06. The molecule has 0 radical (unpaired) electrons. The van der Waals surface area contributed by atoms with Crippen molar-refractivity contribution < 1.29 is 18.4 Å². The first-order valence-electron chi connectivity index (χ1n) is 9.05. The van der Waals surface area contributed by atoms with Gasteiger partial charge in [-0.3, -0.25) is 9.69 Å². The van der Waals surface area contributed by atoms with Crippen LogP contribution in [0.2, 0.25) is 0 Å². The topological polar surface area (TPSA) is 55.9 Å². The summed E-state index contributed by atoms with van der Waals surface area (Å²) in [7, 11) is 0. The molecule has 1 aromatic rings. The summed E-state index contributed by atoms with van der Waals surface area (Å²) in [5.41, 5.74) is 1.37. The van der Waals surface area contributed by atoms with E-state index >= 15 is 0 Å². The summed E-state index contributed by atoms with van der Waals surface area (Å²) in [6, 6.07) is -0.124. The second kappa shape index (κ2) is 6.19. The van der Waals surface area contributed by atoms with Gasteiger partial charge < -0.3 is 15.1 Å². The van der Waals surface area contributed by atoms with Crippen LogP contribution in [0, 0.1) is 12.8 Å². The maximum atomic E-state index is 13.5. The number of hydrogen-bond donors (Lipinski definition) is 1. The molecule has 1 saturated carbocycles. The van der Waals surface area contributed by atoms with E-state index in [0.717, 1.165) is 10.4 Å². The van der Waals surface area contributed by atoms with Crippen LogP contribution in [0.4, 0.5) is 18.6 Å². The van der Waals surface area contributed by atoms with Gasteiger partial charge in [-0.1, -0.05) is 6.58 Å². The molecule has 3 aliphatic rings. The highest BCUT2D eigenvalue weighted by Gasteiger charge is 2.58. The summed E-state index contributed by atoms with van der Waals surface area (Å²) in [6.07, 6.45) is -0.128. The van der Waals surface area contributed by atoms with Crippen LogP contribution < -0.4 is 10.2 Å². The number of nitrogens with one attached hydrogen (secondary N) is 1. The number of carbonyl (C=O) groups is 2. The van der Waals surface area contributed by atoms with Crippen LogP contribution in [0.15, 0.2) is 12.4 Å². The van der Waals surface area contributed by atoms with Crippen molar-refractivity contribution >= 4 is 28.3 Å². The smallest absolute Gasteiger partial charge is 0.317 e. The molecule has 2 aliphatic heterocycles. The van der Waals surface area contributed by atoms with Crippen LogP contribution in [0.25, 0.3) is 0 Å². The minimum Gasteiger partial charge on any atom is -0.336 e. The van der Waals surface area contributed by atoms with E-state index in [1.807, 2.05) is 13.8 Å². The van der Waals surface area contributed by atoms with Gasteiger partial charge >= 0.3 is 6.03 Å². The fourth-order valence-corrected chi connectivity index (χ4v) is 5.03. The number of alkyl halides is 2. The molecule has 9 heteroatoms. The SMILES string of the molecule is C=C1N(CC)C(=O)c2c(sc(CN3CCNC3=O)c2C)N1CC1CC1(F)F. The Morgan fingerprint density at radius 2 is 2.04 bits per heavy atom. The minimum absolute atomic E-state index is 0.124. The molecule has 0 bridgehead atoms. The zero-order valence-electron chi connectivity index (χ0n) is 15.3. The van der Waals surface area contributed by atoms with Crippen molar-refractivity contribution in [2.24, 2.45) is 5.92 Å². The predicted octanol–water partition coefficient (Wildman–Crippen LogP) is 2.99. The number of nitrogens with zero attached hydrogens (tertiary/aromatic N) is 3. The predicted molar refractivity (Wildman–Crippen MR) is 99.1 cm³/mol. The van der Waals surface area contributed by atoms with E-state index < -0.39 is 11.8 Å². The van der Waals surface area contributed by atoms with Crippen molar-refractivity contribution in [2.75, 3.05) is 31.1 Å². The molecule has 4 rings (SSSR count). The van der Waals surface area contributed by atoms with Gasteiger partial charge in [0.25, 0.3) is 11.8 Å². The molecular weight excluding hydrogens is 374 g/mol. The van der Waals surface area contributed by atoms with E-state index in [1.165, 1.54) is 16.2 Å². The molecule has 1 unspecified atom stereocenters. The van der Waals surface area contributed by atoms with Crippen molar-refractivity contribution in [2.45, 2.75) is 32.7 Å². The normalized spacial score (nSPS) is 23.8. The Kier molecular flexibility index (Phi) is 4.17. The Bertz CT molecular complexity index is 838. The van der Waals surface area contributed by atoms with Gasteiger partial charge in [0.1, 0.15) is 10.8 Å². The average Bonchev–Trinajstić information content (AvgIpc) is 2.90. The van der Waals surface area contributed by atoms with Crippen LogP contribution in [0.1, 0.15) is 34.1 Å². The summed E-state index contributed by atoms with van der Waals surface area (Å²) in [5, 5.41) is 3.43. The van der Waals surface area contributed by atoms with Crippen molar-refractivity contribution in [3.05, 3.63) is 28.4 Å². The van der Waals surface area contributed by atoms with Crippen LogP contribution in [0.3, 0.4) is 0 Å². The van der Waals surface area contributed by atoms with Gasteiger partial charge in [-0.05, 0) is 19.4 Å². The number of anilines is 1. The lowest BCUT2D eigenvalue weighted by molar-refractivity contribution is 0.0797. The van der Waals surface area contributed by atoms with Crippen LogP contribution in [-0.4, -0.2) is 53.8 Å². The van der Waals surface area contributed by atoms with Gasteiger partial charge in [0.15, 0.2) is 0 Å². The summed E-state index contributed by atoms with van der Waals surface area (Å²) >= 11 is 1.40. The van der Waals surface area contributed by atoms with Crippen molar-refractivity contribution in [1.82, 2.24) is 15.1 Å². The molecule has 146 valence electrons. The Balaban J connectivity index is 1.70. The Hall–Kier alpha value is -2.16. The molecule has 6 nitrogen and oxygen atoms in total. The van der Waals surface area contributed by atoms with E-state index in [1.54, 1.807) is 9.80 Å². The molecular formula is C18H22F2N4O2S. The Labute approximate surface area is 160 Å². The second-order valence-electron chi connectivity index (χ2n) is 7.22. The highest BCUT2D eigenvalue weighted by Crippen LogP contribution is 2.51. The number of halogens is 2. The number of fused-ring (bicyclic) bond motifs is 1. The fourth-order valence-electron chi connectivity index (χ4n) is 3.69. The molecule has 1 aliphatic carbocycles. The van der Waals surface area contributed by atoms with Crippen LogP contribution >= 0.6 is 11.3 Å². The number of amides is 3. The van der Waals surface area contributed by atoms with Gasteiger partial charge in [-0.25, -0.2) is 13.6 Å². The maximum absolute atomic E-state index is 13.5. The summed E-state index contributed by atoms with van der Waals surface area (Å²) in [4.78, 5) is 30.7. The second-order valence-corrected chi connectivity index (χ2v) is 8.31. The highest BCUT2D eigenvalue weighted by atomic mass is 32.1. The Morgan fingerprint density at radius 3 is 2.59 bits per heavy atom. The number of carbonyl (C=O) groups excluding carboxylic acids is 2. The fraction of sp³-hybridized carbons (Fsp3) is 0.556. The number of thiophene rings is 1. The molecule has 1 aromatic heterocycles. The van der Waals surface area contributed by atoms with E-state index in [2.05, 4.69) is 11.9 Å². The first kappa shape index (κ1) is 18.2. The third-order valence-electron chi connectivity index (χ3n) is 5.51. The van der Waals surface area contributed by atoms with Gasteiger partial charge in [0.05, 0.1) is 12.1 Å². The molecule has 27 heavy (non-hydrogen) atoms. The van der Waals surface area contributed by atoms with Gasteiger partial charge in [-0.2, -0.15) is 0 Å². The number of hydrogen-bond acceptors (Lipinski definition) is 4. The molecule has 1 N–H and O–H groups in total. The highest BCUT2D eigenvalue weighted by molar-refractivity contribution is 7.16. The maximum Gasteiger partial charge on any atom is 0.317 e. The molecule has 0 aromatic carbocycles. The van der Waals surface area contributed by atoms with Crippen LogP contribution in [0.5, 0.6) is 0 Å². The minimum atomic E-state index is -2.64. The lowest BCUT2D eigenvalue weighted by Crippen LogP contribution is -2.44.